The molecule has 5 rings (SSSR count). The molecular weight excluding hydrogens is 484 g/mol. The molecule has 0 radical (unpaired) electrons. The average Bonchev–Trinajstić information content (AvgIpc) is 2.70. The summed E-state index contributed by atoms with van der Waals surface area (Å²) >= 11 is 5.60. The van der Waals surface area contributed by atoms with E-state index in [-0.39, 0.29) is 41.5 Å². The zero-order chi connectivity index (χ0) is 24.6. The second-order valence-corrected chi connectivity index (χ2v) is 8.77. The van der Waals surface area contributed by atoms with Crippen LogP contribution in [0.15, 0.2) is 42.5 Å². The standard InChI is InChI=1S/C22H19ClF4N2O5/c23-16-6-5-15(7-17(16)24)33-9-19(31)29-21-10-20(11-21,12-21)28-18(30)8-32-13-1-3-14(4-2-13)34-22(25,26)27/h1-7H,8-12H2,(H,28,30)(H,29,31). The Kier molecular flexibility index (Phi) is 6.24. The molecule has 0 heterocycles. The molecule has 0 aromatic heterocycles. The minimum Gasteiger partial charge on any atom is -0.484 e. The highest BCUT2D eigenvalue weighted by Gasteiger charge is 2.69. The van der Waals surface area contributed by atoms with Gasteiger partial charge in [-0.15, -0.1) is 13.2 Å². The number of benzene rings is 2. The van der Waals surface area contributed by atoms with E-state index in [1.807, 2.05) is 0 Å². The normalized spacial score (nSPS) is 22.6. The molecule has 182 valence electrons. The van der Waals surface area contributed by atoms with Gasteiger partial charge in [0.1, 0.15) is 23.1 Å². The Morgan fingerprint density at radius 1 is 0.853 bits per heavy atom. The quantitative estimate of drug-likeness (QED) is 0.510. The highest BCUT2D eigenvalue weighted by molar-refractivity contribution is 6.30. The monoisotopic (exact) mass is 502 g/mol. The number of nitrogens with one attached hydrogen (secondary N) is 2. The number of carbonyl (C=O) groups excluding carboxylic acids is 2. The average molecular weight is 503 g/mol. The van der Waals surface area contributed by atoms with Crippen LogP contribution >= 0.6 is 11.6 Å². The molecule has 2 aromatic carbocycles. The van der Waals surface area contributed by atoms with Crippen LogP contribution in [0.4, 0.5) is 17.6 Å². The summed E-state index contributed by atoms with van der Waals surface area (Å²) in [6.07, 6.45) is -3.13. The lowest BCUT2D eigenvalue weighted by Crippen LogP contribution is -2.84. The predicted molar refractivity (Wildman–Crippen MR) is 111 cm³/mol. The van der Waals surface area contributed by atoms with Crippen molar-refractivity contribution in [2.45, 2.75) is 36.7 Å². The minimum atomic E-state index is -4.79. The topological polar surface area (TPSA) is 85.9 Å². The molecule has 0 aliphatic heterocycles. The Morgan fingerprint density at radius 3 is 1.82 bits per heavy atom. The van der Waals surface area contributed by atoms with Crippen molar-refractivity contribution in [3.05, 3.63) is 53.3 Å². The zero-order valence-electron chi connectivity index (χ0n) is 17.5. The van der Waals surface area contributed by atoms with Gasteiger partial charge in [-0.2, -0.15) is 0 Å². The molecule has 12 heteroatoms. The van der Waals surface area contributed by atoms with Gasteiger partial charge in [-0.3, -0.25) is 9.59 Å². The van der Waals surface area contributed by atoms with Crippen molar-refractivity contribution in [2.75, 3.05) is 13.2 Å². The summed E-state index contributed by atoms with van der Waals surface area (Å²) in [4.78, 5) is 24.3. The van der Waals surface area contributed by atoms with Crippen LogP contribution in [-0.4, -0.2) is 42.5 Å². The van der Waals surface area contributed by atoms with E-state index in [0.29, 0.717) is 19.3 Å². The first-order chi connectivity index (χ1) is 15.9. The van der Waals surface area contributed by atoms with Gasteiger partial charge in [0.15, 0.2) is 13.2 Å². The smallest absolute Gasteiger partial charge is 0.484 e. The third-order valence-corrected chi connectivity index (χ3v) is 5.83. The van der Waals surface area contributed by atoms with Crippen molar-refractivity contribution in [1.29, 1.82) is 0 Å². The van der Waals surface area contributed by atoms with Crippen molar-refractivity contribution in [3.63, 3.8) is 0 Å². The maximum Gasteiger partial charge on any atom is 0.573 e. The maximum atomic E-state index is 13.4. The van der Waals surface area contributed by atoms with Crippen molar-refractivity contribution < 1.29 is 41.4 Å². The Balaban J connectivity index is 1.15. The van der Waals surface area contributed by atoms with Crippen LogP contribution in [0.3, 0.4) is 0 Å². The first-order valence-electron chi connectivity index (χ1n) is 10.1. The summed E-state index contributed by atoms with van der Waals surface area (Å²) in [5, 5.41) is 5.69. The molecule has 3 fully saturated rings. The number of rotatable bonds is 9. The molecule has 3 saturated carbocycles. The van der Waals surface area contributed by atoms with Gasteiger partial charge in [-0.1, -0.05) is 11.6 Å². The Hall–Kier alpha value is -3.21. The van der Waals surface area contributed by atoms with E-state index in [2.05, 4.69) is 15.4 Å². The molecule has 0 saturated heterocycles. The van der Waals surface area contributed by atoms with Crippen molar-refractivity contribution in [2.24, 2.45) is 0 Å². The summed E-state index contributed by atoms with van der Waals surface area (Å²) < 4.78 is 64.3. The number of halogens is 5. The molecule has 0 spiro atoms. The van der Waals surface area contributed by atoms with Gasteiger partial charge in [-0.05, 0) is 55.7 Å². The van der Waals surface area contributed by atoms with Gasteiger partial charge in [0, 0.05) is 17.1 Å². The van der Waals surface area contributed by atoms with Crippen molar-refractivity contribution in [1.82, 2.24) is 10.6 Å². The minimum absolute atomic E-state index is 0.0446. The largest absolute Gasteiger partial charge is 0.573 e. The van der Waals surface area contributed by atoms with Gasteiger partial charge in [0.2, 0.25) is 0 Å². The van der Waals surface area contributed by atoms with E-state index in [1.165, 1.54) is 24.3 Å². The van der Waals surface area contributed by atoms with Crippen LogP contribution in [0.2, 0.25) is 5.02 Å². The molecule has 34 heavy (non-hydrogen) atoms. The summed E-state index contributed by atoms with van der Waals surface area (Å²) in [5.74, 6) is -1.39. The number of hydrogen-bond donors (Lipinski definition) is 2. The third kappa shape index (κ3) is 5.64. The lowest BCUT2D eigenvalue weighted by Gasteiger charge is -2.70. The van der Waals surface area contributed by atoms with E-state index in [1.54, 1.807) is 0 Å². The molecule has 2 N–H and O–H groups in total. The molecule has 3 aliphatic carbocycles. The second-order valence-electron chi connectivity index (χ2n) is 8.36. The van der Waals surface area contributed by atoms with Crippen LogP contribution in [0.25, 0.3) is 0 Å². The van der Waals surface area contributed by atoms with Crippen LogP contribution in [0.5, 0.6) is 17.2 Å². The highest BCUT2D eigenvalue weighted by atomic mass is 35.5. The molecule has 0 atom stereocenters. The summed E-state index contributed by atoms with van der Waals surface area (Å²) in [6.45, 7) is -0.602. The Labute approximate surface area is 196 Å². The van der Waals surface area contributed by atoms with Gasteiger partial charge in [0.25, 0.3) is 11.8 Å². The lowest BCUT2D eigenvalue weighted by atomic mass is 9.44. The van der Waals surface area contributed by atoms with E-state index >= 15 is 0 Å². The lowest BCUT2D eigenvalue weighted by molar-refractivity contribution is -0.274. The van der Waals surface area contributed by atoms with Crippen LogP contribution in [0, 0.1) is 5.82 Å². The summed E-state index contributed by atoms with van der Waals surface area (Å²) in [6, 6.07) is 8.58. The predicted octanol–water partition coefficient (Wildman–Crippen LogP) is 3.74. The fraction of sp³-hybridized carbons (Fsp3) is 0.364. The maximum absolute atomic E-state index is 13.4. The fourth-order valence-electron chi connectivity index (χ4n) is 4.32. The van der Waals surface area contributed by atoms with Gasteiger partial charge in [-0.25, -0.2) is 4.39 Å². The van der Waals surface area contributed by atoms with Crippen LogP contribution in [-0.2, 0) is 9.59 Å². The summed E-state index contributed by atoms with van der Waals surface area (Å²) in [7, 11) is 0. The summed E-state index contributed by atoms with van der Waals surface area (Å²) in [5.41, 5.74) is -0.827. The zero-order valence-corrected chi connectivity index (χ0v) is 18.3. The molecular formula is C22H19ClF4N2O5. The van der Waals surface area contributed by atoms with Crippen molar-refractivity contribution in [3.8, 4) is 17.2 Å². The van der Waals surface area contributed by atoms with Crippen LogP contribution in [0.1, 0.15) is 19.3 Å². The van der Waals surface area contributed by atoms with E-state index in [9.17, 15) is 27.2 Å². The molecule has 3 aliphatic rings. The fourth-order valence-corrected chi connectivity index (χ4v) is 4.44. The molecule has 2 amide bonds. The first kappa shape index (κ1) is 23.9. The van der Waals surface area contributed by atoms with E-state index in [0.717, 1.165) is 18.2 Å². The second kappa shape index (κ2) is 8.86. The van der Waals surface area contributed by atoms with Gasteiger partial charge >= 0.3 is 6.36 Å². The molecule has 2 aromatic rings. The highest BCUT2D eigenvalue weighted by Crippen LogP contribution is 2.60. The Morgan fingerprint density at radius 2 is 1.32 bits per heavy atom. The molecule has 2 bridgehead atoms. The van der Waals surface area contributed by atoms with E-state index in [4.69, 9.17) is 21.1 Å². The Bertz CT molecular complexity index is 1070. The number of amides is 2. The van der Waals surface area contributed by atoms with Gasteiger partial charge in [0.05, 0.1) is 5.02 Å². The van der Waals surface area contributed by atoms with Gasteiger partial charge < -0.3 is 24.8 Å². The van der Waals surface area contributed by atoms with Crippen LogP contribution < -0.4 is 24.8 Å². The molecule has 7 nitrogen and oxygen atoms in total. The number of alkyl halides is 3. The first-order valence-corrected chi connectivity index (χ1v) is 10.5. The SMILES string of the molecule is O=C(COc1ccc(OC(F)(F)F)cc1)NC12CC(NC(=O)COc3ccc(Cl)c(F)c3)(C1)C2. The molecule has 0 unspecified atom stereocenters. The number of hydrogen-bond acceptors (Lipinski definition) is 5. The van der Waals surface area contributed by atoms with E-state index < -0.39 is 29.0 Å². The number of ether oxygens (including phenoxy) is 3. The number of carbonyl (C=O) groups is 2. The third-order valence-electron chi connectivity index (χ3n) is 5.53. The van der Waals surface area contributed by atoms with Crippen molar-refractivity contribution >= 4 is 23.4 Å².